The number of nitrogens with one attached hydrogen (secondary N) is 1. The fourth-order valence-corrected chi connectivity index (χ4v) is 4.08. The number of aryl methyl sites for hydroxylation is 1. The molecular weight excluding hydrogens is 360 g/mol. The quantitative estimate of drug-likeness (QED) is 0.712. The molecule has 5 nitrogen and oxygen atoms in total. The maximum Gasteiger partial charge on any atom is 0.223 e. The van der Waals surface area contributed by atoms with E-state index in [-0.39, 0.29) is 17.9 Å². The Morgan fingerprint density at radius 1 is 1.10 bits per heavy atom. The summed E-state index contributed by atoms with van der Waals surface area (Å²) in [5.41, 5.74) is 4.72. The van der Waals surface area contributed by atoms with Crippen molar-refractivity contribution in [2.24, 2.45) is 5.92 Å². The number of fused-ring (bicyclic) bond motifs is 1. The lowest BCUT2D eigenvalue weighted by atomic mass is 9.96. The van der Waals surface area contributed by atoms with Gasteiger partial charge in [0.05, 0.1) is 17.6 Å². The van der Waals surface area contributed by atoms with Gasteiger partial charge in [0.25, 0.3) is 0 Å². The second kappa shape index (κ2) is 8.27. The summed E-state index contributed by atoms with van der Waals surface area (Å²) < 4.78 is 2.31. The minimum absolute atomic E-state index is 0.101. The Morgan fingerprint density at radius 2 is 1.79 bits per heavy atom. The number of hydrogen-bond donors (Lipinski definition) is 1. The summed E-state index contributed by atoms with van der Waals surface area (Å²) in [6, 6.07) is 17.2. The molecule has 0 bridgehead atoms. The number of aromatic nitrogens is 2. The highest BCUT2D eigenvalue weighted by atomic mass is 16.1. The molecule has 3 aromatic rings. The molecule has 0 unspecified atom stereocenters. The second-order valence-corrected chi connectivity index (χ2v) is 8.40. The molecule has 0 spiro atoms. The summed E-state index contributed by atoms with van der Waals surface area (Å²) in [4.78, 5) is 19.7. The van der Waals surface area contributed by atoms with E-state index < -0.39 is 0 Å². The van der Waals surface area contributed by atoms with E-state index in [9.17, 15) is 4.79 Å². The molecule has 29 heavy (non-hydrogen) atoms. The highest BCUT2D eigenvalue weighted by molar-refractivity contribution is 5.80. The van der Waals surface area contributed by atoms with Crippen LogP contribution in [0.3, 0.4) is 0 Å². The minimum Gasteiger partial charge on any atom is -0.354 e. The van der Waals surface area contributed by atoms with E-state index in [4.69, 9.17) is 4.98 Å². The Balaban J connectivity index is 1.57. The normalized spacial score (nSPS) is 15.2. The molecule has 152 valence electrons. The molecule has 0 atom stereocenters. The van der Waals surface area contributed by atoms with Crippen LogP contribution in [0.4, 0.5) is 5.95 Å². The third-order valence-corrected chi connectivity index (χ3v) is 5.68. The van der Waals surface area contributed by atoms with Crippen LogP contribution in [0, 0.1) is 12.8 Å². The second-order valence-electron chi connectivity index (χ2n) is 8.40. The van der Waals surface area contributed by atoms with Gasteiger partial charge in [0.1, 0.15) is 0 Å². The molecule has 1 N–H and O–H groups in total. The largest absolute Gasteiger partial charge is 0.354 e. The molecule has 2 aromatic carbocycles. The Bertz CT molecular complexity index is 982. The molecular formula is C24H30N4O. The van der Waals surface area contributed by atoms with E-state index in [0.717, 1.165) is 49.5 Å². The van der Waals surface area contributed by atoms with Crippen molar-refractivity contribution >= 4 is 22.9 Å². The van der Waals surface area contributed by atoms with Crippen molar-refractivity contribution in [2.75, 3.05) is 18.0 Å². The van der Waals surface area contributed by atoms with Crippen LogP contribution >= 0.6 is 0 Å². The minimum atomic E-state index is 0.101. The summed E-state index contributed by atoms with van der Waals surface area (Å²) >= 11 is 0. The van der Waals surface area contributed by atoms with Crippen molar-refractivity contribution in [3.05, 3.63) is 59.7 Å². The average molecular weight is 391 g/mol. The van der Waals surface area contributed by atoms with E-state index in [1.54, 1.807) is 0 Å². The third-order valence-electron chi connectivity index (χ3n) is 5.68. The Morgan fingerprint density at radius 3 is 2.48 bits per heavy atom. The lowest BCUT2D eigenvalue weighted by Crippen LogP contribution is -2.43. The first kappa shape index (κ1) is 19.5. The van der Waals surface area contributed by atoms with E-state index in [0.29, 0.717) is 0 Å². The van der Waals surface area contributed by atoms with Crippen molar-refractivity contribution in [1.82, 2.24) is 14.9 Å². The molecule has 5 heteroatoms. The van der Waals surface area contributed by atoms with Gasteiger partial charge < -0.3 is 14.8 Å². The topological polar surface area (TPSA) is 50.2 Å². The molecule has 0 radical (unpaired) electrons. The first-order chi connectivity index (χ1) is 14.0. The average Bonchev–Trinajstić information content (AvgIpc) is 3.08. The smallest absolute Gasteiger partial charge is 0.223 e. The predicted molar refractivity (Wildman–Crippen MR) is 118 cm³/mol. The van der Waals surface area contributed by atoms with Gasteiger partial charge in [0.2, 0.25) is 11.9 Å². The van der Waals surface area contributed by atoms with Crippen LogP contribution in [0.25, 0.3) is 11.0 Å². The van der Waals surface area contributed by atoms with Gasteiger partial charge in [0, 0.05) is 25.0 Å². The number of carbonyl (C=O) groups is 1. The number of imidazole rings is 1. The first-order valence-electron chi connectivity index (χ1n) is 10.6. The van der Waals surface area contributed by atoms with Crippen molar-refractivity contribution < 1.29 is 4.79 Å². The molecule has 4 rings (SSSR count). The predicted octanol–water partition coefficient (Wildman–Crippen LogP) is 4.13. The number of anilines is 1. The van der Waals surface area contributed by atoms with Crippen molar-refractivity contribution in [2.45, 2.75) is 46.2 Å². The maximum atomic E-state index is 12.4. The molecule has 1 amide bonds. The van der Waals surface area contributed by atoms with Crippen molar-refractivity contribution in [3.8, 4) is 0 Å². The van der Waals surface area contributed by atoms with Gasteiger partial charge in [-0.1, -0.05) is 42.0 Å². The molecule has 0 saturated carbocycles. The maximum absolute atomic E-state index is 12.4. The van der Waals surface area contributed by atoms with Crippen LogP contribution in [0.1, 0.15) is 37.8 Å². The molecule has 0 aliphatic carbocycles. The van der Waals surface area contributed by atoms with Gasteiger partial charge in [-0.05, 0) is 51.3 Å². The van der Waals surface area contributed by atoms with Gasteiger partial charge in [-0.25, -0.2) is 4.98 Å². The number of para-hydroxylation sites is 2. The Kier molecular flexibility index (Phi) is 5.56. The van der Waals surface area contributed by atoms with Crippen LogP contribution in [0.5, 0.6) is 0 Å². The third kappa shape index (κ3) is 4.29. The molecule has 1 aromatic heterocycles. The van der Waals surface area contributed by atoms with E-state index in [2.05, 4.69) is 64.2 Å². The number of amides is 1. The molecule has 1 fully saturated rings. The van der Waals surface area contributed by atoms with Crippen LogP contribution < -0.4 is 10.2 Å². The number of nitrogens with zero attached hydrogens (tertiary/aromatic N) is 3. The number of rotatable bonds is 5. The zero-order valence-corrected chi connectivity index (χ0v) is 17.6. The zero-order chi connectivity index (χ0) is 20.4. The van der Waals surface area contributed by atoms with Crippen LogP contribution in [-0.2, 0) is 11.3 Å². The van der Waals surface area contributed by atoms with Crippen LogP contribution in [0.15, 0.2) is 48.5 Å². The monoisotopic (exact) mass is 390 g/mol. The van der Waals surface area contributed by atoms with Gasteiger partial charge in [-0.3, -0.25) is 4.79 Å². The highest BCUT2D eigenvalue weighted by Gasteiger charge is 2.27. The van der Waals surface area contributed by atoms with E-state index >= 15 is 0 Å². The lowest BCUT2D eigenvalue weighted by Gasteiger charge is -2.32. The fourth-order valence-electron chi connectivity index (χ4n) is 4.08. The fraction of sp³-hybridized carbons (Fsp3) is 0.417. The molecule has 1 saturated heterocycles. The van der Waals surface area contributed by atoms with Crippen molar-refractivity contribution in [3.63, 3.8) is 0 Å². The number of benzene rings is 2. The Labute approximate surface area is 172 Å². The summed E-state index contributed by atoms with van der Waals surface area (Å²) in [5, 5.41) is 3.06. The van der Waals surface area contributed by atoms with Crippen LogP contribution in [0.2, 0.25) is 0 Å². The number of piperidine rings is 1. The SMILES string of the molecule is Cc1ccc(Cn2c(N3CCC(C(=O)NC(C)C)CC3)nc3ccccc32)cc1. The van der Waals surface area contributed by atoms with Crippen molar-refractivity contribution in [1.29, 1.82) is 0 Å². The van der Waals surface area contributed by atoms with E-state index in [1.807, 2.05) is 19.9 Å². The summed E-state index contributed by atoms with van der Waals surface area (Å²) in [6.45, 7) is 8.65. The first-order valence-corrected chi connectivity index (χ1v) is 10.6. The van der Waals surface area contributed by atoms with Gasteiger partial charge in [0.15, 0.2) is 0 Å². The van der Waals surface area contributed by atoms with Crippen LogP contribution in [-0.4, -0.2) is 34.6 Å². The molecule has 2 heterocycles. The molecule has 1 aliphatic heterocycles. The summed E-state index contributed by atoms with van der Waals surface area (Å²) in [6.07, 6.45) is 1.73. The number of hydrogen-bond acceptors (Lipinski definition) is 3. The zero-order valence-electron chi connectivity index (χ0n) is 17.6. The summed E-state index contributed by atoms with van der Waals surface area (Å²) in [5.74, 6) is 1.30. The van der Waals surface area contributed by atoms with Gasteiger partial charge in [-0.15, -0.1) is 0 Å². The summed E-state index contributed by atoms with van der Waals surface area (Å²) in [7, 11) is 0. The highest BCUT2D eigenvalue weighted by Crippen LogP contribution is 2.28. The standard InChI is InChI=1S/C24H30N4O/c1-17(2)25-23(29)20-12-14-27(15-13-20)24-26-21-6-4-5-7-22(21)28(24)16-19-10-8-18(3)9-11-19/h4-11,17,20H,12-16H2,1-3H3,(H,25,29). The number of carbonyl (C=O) groups excluding carboxylic acids is 1. The lowest BCUT2D eigenvalue weighted by molar-refractivity contribution is -0.126. The molecule has 1 aliphatic rings. The Hall–Kier alpha value is -2.82. The van der Waals surface area contributed by atoms with Gasteiger partial charge >= 0.3 is 0 Å². The van der Waals surface area contributed by atoms with Gasteiger partial charge in [-0.2, -0.15) is 0 Å². The van der Waals surface area contributed by atoms with E-state index in [1.165, 1.54) is 11.1 Å².